The molecular formula is C11H11BrO3. The number of hydrogen-bond acceptors (Lipinski definition) is 3. The predicted octanol–water partition coefficient (Wildman–Crippen LogP) is 2.76. The average Bonchev–Trinajstić information content (AvgIpc) is 2.29. The van der Waals surface area contributed by atoms with Gasteiger partial charge in [0, 0.05) is 0 Å². The molecule has 0 aromatic heterocycles. The summed E-state index contributed by atoms with van der Waals surface area (Å²) in [6, 6.07) is 6.79. The molecule has 3 nitrogen and oxygen atoms in total. The highest BCUT2D eigenvalue weighted by atomic mass is 79.9. The summed E-state index contributed by atoms with van der Waals surface area (Å²) in [5.74, 6) is 0.371. The van der Waals surface area contributed by atoms with Crippen LogP contribution in [0.4, 0.5) is 0 Å². The van der Waals surface area contributed by atoms with E-state index in [0.717, 1.165) is 0 Å². The molecular weight excluding hydrogens is 260 g/mol. The number of carbonyl (C=O) groups is 1. The number of ether oxygens (including phenoxy) is 2. The molecule has 0 aliphatic carbocycles. The van der Waals surface area contributed by atoms with Crippen molar-refractivity contribution in [1.82, 2.24) is 0 Å². The zero-order valence-electron chi connectivity index (χ0n) is 8.27. The lowest BCUT2D eigenvalue weighted by molar-refractivity contribution is 0.0600. The van der Waals surface area contributed by atoms with Gasteiger partial charge in [-0.2, -0.15) is 0 Å². The van der Waals surface area contributed by atoms with Crippen molar-refractivity contribution in [3.63, 3.8) is 0 Å². The maximum absolute atomic E-state index is 11.1. The Bertz CT molecular complexity index is 343. The lowest BCUT2D eigenvalue weighted by Crippen LogP contribution is -2.01. The van der Waals surface area contributed by atoms with Crippen molar-refractivity contribution in [3.8, 4) is 5.75 Å². The molecule has 15 heavy (non-hydrogen) atoms. The lowest BCUT2D eigenvalue weighted by atomic mass is 10.2. The van der Waals surface area contributed by atoms with Crippen molar-refractivity contribution in [2.24, 2.45) is 0 Å². The number of halogens is 1. The highest BCUT2D eigenvalue weighted by molar-refractivity contribution is 9.11. The number of esters is 1. The van der Waals surface area contributed by atoms with Crippen LogP contribution in [0.15, 0.2) is 35.3 Å². The summed E-state index contributed by atoms with van der Waals surface area (Å²) in [7, 11) is 1.35. The minimum Gasteiger partial charge on any atom is -0.490 e. The molecule has 80 valence electrons. The SMILES string of the molecule is COC(=O)c1ccc(OCC=CBr)cc1. The van der Waals surface area contributed by atoms with Crippen LogP contribution < -0.4 is 4.74 Å². The number of rotatable bonds is 4. The molecule has 0 aliphatic rings. The molecule has 0 saturated carbocycles. The van der Waals surface area contributed by atoms with Gasteiger partial charge in [0.15, 0.2) is 0 Å². The number of benzene rings is 1. The van der Waals surface area contributed by atoms with Crippen LogP contribution in [-0.2, 0) is 4.74 Å². The fourth-order valence-electron chi connectivity index (χ4n) is 0.986. The molecule has 0 unspecified atom stereocenters. The first-order valence-corrected chi connectivity index (χ1v) is 5.26. The second-order valence-corrected chi connectivity index (χ2v) is 3.22. The Balaban J connectivity index is 2.60. The van der Waals surface area contributed by atoms with Gasteiger partial charge in [-0.05, 0) is 35.3 Å². The van der Waals surface area contributed by atoms with Crippen LogP contribution in [0.25, 0.3) is 0 Å². The Hall–Kier alpha value is -1.29. The van der Waals surface area contributed by atoms with Crippen molar-refractivity contribution in [2.75, 3.05) is 13.7 Å². The van der Waals surface area contributed by atoms with E-state index in [4.69, 9.17) is 4.74 Å². The summed E-state index contributed by atoms with van der Waals surface area (Å²) in [5.41, 5.74) is 0.515. The molecule has 1 aromatic rings. The van der Waals surface area contributed by atoms with Gasteiger partial charge in [-0.3, -0.25) is 0 Å². The fraction of sp³-hybridized carbons (Fsp3) is 0.182. The highest BCUT2D eigenvalue weighted by Crippen LogP contribution is 2.12. The zero-order valence-corrected chi connectivity index (χ0v) is 9.86. The summed E-state index contributed by atoms with van der Waals surface area (Å²) in [4.78, 5) is 12.8. The first-order valence-electron chi connectivity index (χ1n) is 4.34. The Morgan fingerprint density at radius 2 is 2.07 bits per heavy atom. The Morgan fingerprint density at radius 3 is 2.60 bits per heavy atom. The molecule has 0 aliphatic heterocycles. The van der Waals surface area contributed by atoms with Crippen molar-refractivity contribution in [2.45, 2.75) is 0 Å². The Labute approximate surface area is 96.8 Å². The zero-order chi connectivity index (χ0) is 11.1. The van der Waals surface area contributed by atoms with Gasteiger partial charge in [-0.25, -0.2) is 4.79 Å². The molecule has 0 atom stereocenters. The predicted molar refractivity (Wildman–Crippen MR) is 61.3 cm³/mol. The van der Waals surface area contributed by atoms with Crippen molar-refractivity contribution in [3.05, 3.63) is 40.9 Å². The largest absolute Gasteiger partial charge is 0.490 e. The van der Waals surface area contributed by atoms with E-state index in [1.807, 2.05) is 6.08 Å². The second-order valence-electron chi connectivity index (χ2n) is 2.69. The third-order valence-electron chi connectivity index (χ3n) is 1.71. The van der Waals surface area contributed by atoms with Gasteiger partial charge in [0.2, 0.25) is 0 Å². The van der Waals surface area contributed by atoms with Crippen LogP contribution in [0.3, 0.4) is 0 Å². The van der Waals surface area contributed by atoms with Gasteiger partial charge in [-0.15, -0.1) is 0 Å². The van der Waals surface area contributed by atoms with Crippen LogP contribution >= 0.6 is 15.9 Å². The minimum absolute atomic E-state index is 0.345. The van der Waals surface area contributed by atoms with E-state index in [9.17, 15) is 4.79 Å². The van der Waals surface area contributed by atoms with E-state index >= 15 is 0 Å². The molecule has 0 radical (unpaired) electrons. The van der Waals surface area contributed by atoms with Crippen LogP contribution in [0.2, 0.25) is 0 Å². The van der Waals surface area contributed by atoms with E-state index in [0.29, 0.717) is 17.9 Å². The van der Waals surface area contributed by atoms with Gasteiger partial charge < -0.3 is 9.47 Å². The maximum Gasteiger partial charge on any atom is 0.337 e. The van der Waals surface area contributed by atoms with Crippen LogP contribution in [-0.4, -0.2) is 19.7 Å². The lowest BCUT2D eigenvalue weighted by Gasteiger charge is -2.03. The van der Waals surface area contributed by atoms with Crippen LogP contribution in [0.5, 0.6) is 5.75 Å². The van der Waals surface area contributed by atoms with Gasteiger partial charge in [0.25, 0.3) is 0 Å². The van der Waals surface area contributed by atoms with Gasteiger partial charge in [-0.1, -0.05) is 15.9 Å². The molecule has 4 heteroatoms. The van der Waals surface area contributed by atoms with Gasteiger partial charge >= 0.3 is 5.97 Å². The maximum atomic E-state index is 11.1. The fourth-order valence-corrected chi connectivity index (χ4v) is 1.14. The van der Waals surface area contributed by atoms with E-state index < -0.39 is 0 Å². The highest BCUT2D eigenvalue weighted by Gasteiger charge is 2.03. The normalized spacial score (nSPS) is 10.3. The second kappa shape index (κ2) is 6.24. The molecule has 1 rings (SSSR count). The molecule has 1 aromatic carbocycles. The first-order chi connectivity index (χ1) is 7.27. The molecule has 0 N–H and O–H groups in total. The quantitative estimate of drug-likeness (QED) is 0.790. The van der Waals surface area contributed by atoms with E-state index in [1.165, 1.54) is 7.11 Å². The molecule has 0 spiro atoms. The number of carbonyl (C=O) groups excluding carboxylic acids is 1. The average molecular weight is 271 g/mol. The Morgan fingerprint density at radius 1 is 1.40 bits per heavy atom. The third-order valence-corrected chi connectivity index (χ3v) is 2.08. The van der Waals surface area contributed by atoms with E-state index in [-0.39, 0.29) is 5.97 Å². The summed E-state index contributed by atoms with van der Waals surface area (Å²) in [5, 5.41) is 0. The van der Waals surface area contributed by atoms with E-state index in [2.05, 4.69) is 20.7 Å². The van der Waals surface area contributed by atoms with Crippen LogP contribution in [0.1, 0.15) is 10.4 Å². The topological polar surface area (TPSA) is 35.5 Å². The van der Waals surface area contributed by atoms with Gasteiger partial charge in [0.05, 0.1) is 12.7 Å². The molecule has 0 fully saturated rings. The smallest absolute Gasteiger partial charge is 0.337 e. The summed E-state index contributed by atoms with van der Waals surface area (Å²) in [6.07, 6.45) is 1.83. The minimum atomic E-state index is -0.345. The Kier molecular flexibility index (Phi) is 4.90. The molecule has 0 saturated heterocycles. The first kappa shape index (κ1) is 11.8. The molecule has 0 bridgehead atoms. The van der Waals surface area contributed by atoms with Crippen molar-refractivity contribution in [1.29, 1.82) is 0 Å². The summed E-state index contributed by atoms with van der Waals surface area (Å²) in [6.45, 7) is 0.489. The standard InChI is InChI=1S/C11H11BrO3/c1-14-11(13)9-3-5-10(6-4-9)15-8-2-7-12/h2-7H,8H2,1H3. The van der Waals surface area contributed by atoms with Gasteiger partial charge in [0.1, 0.15) is 12.4 Å². The van der Waals surface area contributed by atoms with Crippen LogP contribution in [0, 0.1) is 0 Å². The summed E-state index contributed by atoms with van der Waals surface area (Å²) < 4.78 is 9.92. The number of methoxy groups -OCH3 is 1. The van der Waals surface area contributed by atoms with Crippen molar-refractivity contribution >= 4 is 21.9 Å². The van der Waals surface area contributed by atoms with E-state index in [1.54, 1.807) is 29.3 Å². The summed E-state index contributed by atoms with van der Waals surface area (Å²) >= 11 is 3.14. The third kappa shape index (κ3) is 3.75. The van der Waals surface area contributed by atoms with Crippen molar-refractivity contribution < 1.29 is 14.3 Å². The molecule has 0 amide bonds. The number of hydrogen-bond donors (Lipinski definition) is 0. The molecule has 0 heterocycles. The monoisotopic (exact) mass is 270 g/mol.